The van der Waals surface area contributed by atoms with E-state index >= 15 is 0 Å². The maximum atomic E-state index is 9.61. The second-order valence-corrected chi connectivity index (χ2v) is 5.07. The van der Waals surface area contributed by atoms with Crippen LogP contribution in [0.2, 0.25) is 0 Å². The molecular formula is C13H27NO. The molecule has 0 amide bonds. The Bertz CT molecular complexity index is 167. The molecule has 0 saturated carbocycles. The number of aliphatic hydroxyl groups excluding tert-OH is 1. The minimum Gasteiger partial charge on any atom is -0.392 e. The van der Waals surface area contributed by atoms with Crippen LogP contribution in [0, 0.1) is 5.41 Å². The van der Waals surface area contributed by atoms with E-state index in [0.717, 1.165) is 13.0 Å². The van der Waals surface area contributed by atoms with Crippen LogP contribution in [0.5, 0.6) is 0 Å². The van der Waals surface area contributed by atoms with E-state index in [4.69, 9.17) is 0 Å². The van der Waals surface area contributed by atoms with E-state index < -0.39 is 0 Å². The van der Waals surface area contributed by atoms with Gasteiger partial charge in [0.2, 0.25) is 0 Å². The fraction of sp³-hybridized carbons (Fsp3) is 1.00. The normalized spacial score (nSPS) is 24.0. The van der Waals surface area contributed by atoms with Crippen molar-refractivity contribution >= 4 is 0 Å². The number of piperidine rings is 1. The Balaban J connectivity index is 2.35. The molecule has 1 unspecified atom stereocenters. The van der Waals surface area contributed by atoms with E-state index in [1.54, 1.807) is 0 Å². The fourth-order valence-electron chi connectivity index (χ4n) is 2.59. The molecule has 2 nitrogen and oxygen atoms in total. The van der Waals surface area contributed by atoms with Crippen LogP contribution >= 0.6 is 0 Å². The summed E-state index contributed by atoms with van der Waals surface area (Å²) < 4.78 is 0. The van der Waals surface area contributed by atoms with Gasteiger partial charge >= 0.3 is 0 Å². The summed E-state index contributed by atoms with van der Waals surface area (Å²) in [5.74, 6) is 0. The molecule has 1 fully saturated rings. The van der Waals surface area contributed by atoms with Gasteiger partial charge in [0, 0.05) is 6.54 Å². The van der Waals surface area contributed by atoms with Crippen molar-refractivity contribution in [3.05, 3.63) is 0 Å². The third kappa shape index (κ3) is 3.46. The lowest BCUT2D eigenvalue weighted by atomic mass is 9.74. The van der Waals surface area contributed by atoms with E-state index in [9.17, 15) is 5.11 Å². The van der Waals surface area contributed by atoms with Gasteiger partial charge in [0.15, 0.2) is 0 Å². The molecule has 0 aromatic carbocycles. The van der Waals surface area contributed by atoms with Gasteiger partial charge in [0.25, 0.3) is 0 Å². The first-order valence-corrected chi connectivity index (χ1v) is 6.56. The number of likely N-dealkylation sites (tertiary alicyclic amines) is 1. The van der Waals surface area contributed by atoms with Gasteiger partial charge in [0.1, 0.15) is 0 Å². The molecule has 0 radical (unpaired) electrons. The zero-order valence-corrected chi connectivity index (χ0v) is 10.6. The Morgan fingerprint density at radius 3 is 2.07 bits per heavy atom. The van der Waals surface area contributed by atoms with Gasteiger partial charge in [0.05, 0.1) is 6.10 Å². The molecule has 1 saturated heterocycles. The molecule has 1 rings (SSSR count). The molecule has 0 aromatic heterocycles. The lowest BCUT2D eigenvalue weighted by Crippen LogP contribution is -2.42. The van der Waals surface area contributed by atoms with E-state index in [0.29, 0.717) is 5.41 Å². The molecular weight excluding hydrogens is 186 g/mol. The molecule has 1 aliphatic rings. The highest BCUT2D eigenvalue weighted by Crippen LogP contribution is 2.37. The van der Waals surface area contributed by atoms with Gasteiger partial charge < -0.3 is 10.0 Å². The summed E-state index contributed by atoms with van der Waals surface area (Å²) in [7, 11) is 0. The Kier molecular flexibility index (Phi) is 5.07. The van der Waals surface area contributed by atoms with Gasteiger partial charge in [-0.2, -0.15) is 0 Å². The van der Waals surface area contributed by atoms with Crippen LogP contribution in [-0.2, 0) is 0 Å². The van der Waals surface area contributed by atoms with Crippen molar-refractivity contribution in [2.75, 3.05) is 19.6 Å². The zero-order valence-electron chi connectivity index (χ0n) is 10.6. The predicted octanol–water partition coefficient (Wildman–Crippen LogP) is 2.66. The summed E-state index contributed by atoms with van der Waals surface area (Å²) in [6.07, 6.45) is 6.01. The van der Waals surface area contributed by atoms with Crippen molar-refractivity contribution in [3.63, 3.8) is 0 Å². The molecule has 1 atom stereocenters. The fourth-order valence-corrected chi connectivity index (χ4v) is 2.59. The summed E-state index contributed by atoms with van der Waals surface area (Å²) in [5.41, 5.74) is 0.605. The molecule has 90 valence electrons. The number of β-amino-alcohol motifs (C(OH)–C–C–N with tert-alkyl or cyclic N) is 1. The summed E-state index contributed by atoms with van der Waals surface area (Å²) in [5, 5.41) is 9.61. The van der Waals surface area contributed by atoms with Crippen LogP contribution < -0.4 is 0 Å². The third-order valence-corrected chi connectivity index (χ3v) is 4.36. The molecule has 15 heavy (non-hydrogen) atoms. The van der Waals surface area contributed by atoms with Gasteiger partial charge in [-0.3, -0.25) is 0 Å². The Morgan fingerprint density at radius 1 is 1.13 bits per heavy atom. The number of aliphatic hydroxyl groups is 1. The monoisotopic (exact) mass is 213 g/mol. The van der Waals surface area contributed by atoms with Crippen molar-refractivity contribution in [2.45, 2.75) is 59.0 Å². The number of hydrogen-bond acceptors (Lipinski definition) is 2. The number of rotatable bonds is 5. The van der Waals surface area contributed by atoms with Gasteiger partial charge in [-0.1, -0.05) is 33.6 Å². The first-order valence-electron chi connectivity index (χ1n) is 6.56. The minimum atomic E-state index is -0.124. The molecule has 2 heteroatoms. The summed E-state index contributed by atoms with van der Waals surface area (Å²) in [6.45, 7) is 9.93. The van der Waals surface area contributed by atoms with E-state index in [2.05, 4.69) is 25.7 Å². The quantitative estimate of drug-likeness (QED) is 0.759. The average molecular weight is 213 g/mol. The smallest absolute Gasteiger partial charge is 0.0664 e. The second kappa shape index (κ2) is 5.86. The van der Waals surface area contributed by atoms with Crippen molar-refractivity contribution in [1.29, 1.82) is 0 Å². The summed E-state index contributed by atoms with van der Waals surface area (Å²) in [6, 6.07) is 0. The molecule has 0 bridgehead atoms. The second-order valence-electron chi connectivity index (χ2n) is 5.07. The van der Waals surface area contributed by atoms with Crippen LogP contribution in [0.4, 0.5) is 0 Å². The van der Waals surface area contributed by atoms with E-state index in [1.807, 2.05) is 0 Å². The van der Waals surface area contributed by atoms with Crippen LogP contribution in [0.1, 0.15) is 52.9 Å². The Morgan fingerprint density at radius 2 is 1.67 bits per heavy atom. The maximum absolute atomic E-state index is 9.61. The van der Waals surface area contributed by atoms with Crippen molar-refractivity contribution in [3.8, 4) is 0 Å². The van der Waals surface area contributed by atoms with Crippen LogP contribution in [-0.4, -0.2) is 35.7 Å². The molecule has 1 heterocycles. The topological polar surface area (TPSA) is 23.5 Å². The third-order valence-electron chi connectivity index (χ3n) is 4.36. The molecule has 0 spiro atoms. The first-order chi connectivity index (χ1) is 7.15. The largest absolute Gasteiger partial charge is 0.392 e. The van der Waals surface area contributed by atoms with Crippen molar-refractivity contribution in [2.24, 2.45) is 5.41 Å². The number of hydrogen-bond donors (Lipinski definition) is 1. The average Bonchev–Trinajstić information content (AvgIpc) is 2.30. The Labute approximate surface area is 94.7 Å². The van der Waals surface area contributed by atoms with Crippen molar-refractivity contribution in [1.82, 2.24) is 4.90 Å². The highest BCUT2D eigenvalue weighted by atomic mass is 16.3. The SMILES string of the molecule is CCC(O)CN1CCC(CC)(CC)CC1. The van der Waals surface area contributed by atoms with Crippen LogP contribution in [0.25, 0.3) is 0 Å². The standard InChI is InChI=1S/C13H27NO/c1-4-12(15)11-14-9-7-13(5-2,6-3)8-10-14/h12,15H,4-11H2,1-3H3. The van der Waals surface area contributed by atoms with Crippen LogP contribution in [0.3, 0.4) is 0 Å². The zero-order chi connectivity index (χ0) is 11.3. The summed E-state index contributed by atoms with van der Waals surface area (Å²) in [4.78, 5) is 2.43. The lowest BCUT2D eigenvalue weighted by Gasteiger charge is -2.41. The molecule has 1 aliphatic heterocycles. The first kappa shape index (κ1) is 13.0. The summed E-state index contributed by atoms with van der Waals surface area (Å²) >= 11 is 0. The van der Waals surface area contributed by atoms with Gasteiger partial charge in [-0.15, -0.1) is 0 Å². The Hall–Kier alpha value is -0.0800. The van der Waals surface area contributed by atoms with E-state index in [1.165, 1.54) is 38.8 Å². The van der Waals surface area contributed by atoms with Gasteiger partial charge in [-0.25, -0.2) is 0 Å². The van der Waals surface area contributed by atoms with Crippen LogP contribution in [0.15, 0.2) is 0 Å². The molecule has 1 N–H and O–H groups in total. The highest BCUT2D eigenvalue weighted by molar-refractivity contribution is 4.84. The van der Waals surface area contributed by atoms with Crippen molar-refractivity contribution < 1.29 is 5.11 Å². The van der Waals surface area contributed by atoms with E-state index in [-0.39, 0.29) is 6.10 Å². The minimum absolute atomic E-state index is 0.124. The molecule has 0 aromatic rings. The lowest BCUT2D eigenvalue weighted by molar-refractivity contribution is 0.0523. The highest BCUT2D eigenvalue weighted by Gasteiger charge is 2.31. The van der Waals surface area contributed by atoms with Gasteiger partial charge in [-0.05, 0) is 37.8 Å². The predicted molar refractivity (Wildman–Crippen MR) is 65.0 cm³/mol. The maximum Gasteiger partial charge on any atom is 0.0664 e. The molecule has 0 aliphatic carbocycles. The number of nitrogens with zero attached hydrogens (tertiary/aromatic N) is 1.